The van der Waals surface area contributed by atoms with Crippen molar-refractivity contribution in [2.75, 3.05) is 66.5 Å². The minimum atomic E-state index is 0.519. The molecule has 2 fully saturated rings. The van der Waals surface area contributed by atoms with E-state index >= 15 is 0 Å². The van der Waals surface area contributed by atoms with Gasteiger partial charge in [0.15, 0.2) is 5.96 Å². The maximum atomic E-state index is 4.88. The highest BCUT2D eigenvalue weighted by Crippen LogP contribution is 2.11. The second-order valence-electron chi connectivity index (χ2n) is 7.38. The van der Waals surface area contributed by atoms with Gasteiger partial charge in [-0.3, -0.25) is 9.89 Å². The Morgan fingerprint density at radius 3 is 2.50 bits per heavy atom. The smallest absolute Gasteiger partial charge is 0.191 e. The number of likely N-dealkylation sites (N-methyl/N-ethyl adjacent to an activating group) is 2. The molecule has 2 aliphatic heterocycles. The summed E-state index contributed by atoms with van der Waals surface area (Å²) >= 11 is 0. The first-order chi connectivity index (χ1) is 11.6. The van der Waals surface area contributed by atoms with Crippen molar-refractivity contribution in [3.63, 3.8) is 0 Å². The highest BCUT2D eigenvalue weighted by molar-refractivity contribution is 5.80. The SMILES string of the molecule is CCCN1CCC(NC(=NCC2CN(C)CCN2C)NCC)CC1. The fourth-order valence-electron chi connectivity index (χ4n) is 3.63. The third-order valence-electron chi connectivity index (χ3n) is 5.25. The summed E-state index contributed by atoms with van der Waals surface area (Å²) < 4.78 is 0. The molecule has 0 aromatic rings. The Morgan fingerprint density at radius 2 is 1.83 bits per heavy atom. The van der Waals surface area contributed by atoms with E-state index in [4.69, 9.17) is 4.99 Å². The van der Waals surface area contributed by atoms with E-state index in [2.05, 4.69) is 53.3 Å². The maximum absolute atomic E-state index is 4.88. The lowest BCUT2D eigenvalue weighted by atomic mass is 10.1. The highest BCUT2D eigenvalue weighted by atomic mass is 15.3. The number of piperazine rings is 1. The summed E-state index contributed by atoms with van der Waals surface area (Å²) in [6.45, 7) is 13.2. The van der Waals surface area contributed by atoms with Gasteiger partial charge in [-0.1, -0.05) is 6.92 Å². The van der Waals surface area contributed by atoms with E-state index in [0.29, 0.717) is 12.1 Å². The molecule has 1 atom stereocenters. The Bertz CT molecular complexity index is 378. The van der Waals surface area contributed by atoms with Crippen LogP contribution in [0, 0.1) is 0 Å². The maximum Gasteiger partial charge on any atom is 0.191 e. The van der Waals surface area contributed by atoms with Crippen LogP contribution in [0.4, 0.5) is 0 Å². The summed E-state index contributed by atoms with van der Waals surface area (Å²) in [6, 6.07) is 1.08. The van der Waals surface area contributed by atoms with Gasteiger partial charge in [0.05, 0.1) is 6.54 Å². The molecule has 6 nitrogen and oxygen atoms in total. The Balaban J connectivity index is 1.82. The van der Waals surface area contributed by atoms with Crippen LogP contribution in [0.1, 0.15) is 33.1 Å². The number of piperidine rings is 1. The van der Waals surface area contributed by atoms with E-state index in [1.54, 1.807) is 0 Å². The summed E-state index contributed by atoms with van der Waals surface area (Å²) in [5.74, 6) is 0.994. The standard InChI is InChI=1S/C18H38N6/c1-5-9-24-10-7-16(8-11-24)21-18(19-6-2)20-14-17-15-22(3)12-13-23(17)4/h16-17H,5-15H2,1-4H3,(H2,19,20,21). The second-order valence-corrected chi connectivity index (χ2v) is 7.38. The molecule has 0 aromatic carbocycles. The summed E-state index contributed by atoms with van der Waals surface area (Å²) in [7, 11) is 4.42. The lowest BCUT2D eigenvalue weighted by Crippen LogP contribution is -2.52. The van der Waals surface area contributed by atoms with Crippen LogP contribution < -0.4 is 10.6 Å². The van der Waals surface area contributed by atoms with E-state index in [-0.39, 0.29) is 0 Å². The van der Waals surface area contributed by atoms with Crippen molar-refractivity contribution in [1.29, 1.82) is 0 Å². The monoisotopic (exact) mass is 338 g/mol. The molecule has 6 heteroatoms. The number of likely N-dealkylation sites (tertiary alicyclic amines) is 1. The van der Waals surface area contributed by atoms with Crippen LogP contribution in [0.25, 0.3) is 0 Å². The number of rotatable bonds is 6. The van der Waals surface area contributed by atoms with Gasteiger partial charge in [-0.05, 0) is 46.8 Å². The van der Waals surface area contributed by atoms with Crippen molar-refractivity contribution in [2.24, 2.45) is 4.99 Å². The van der Waals surface area contributed by atoms with Crippen LogP contribution in [0.5, 0.6) is 0 Å². The first-order valence-corrected chi connectivity index (χ1v) is 9.78. The molecule has 0 bridgehead atoms. The molecule has 2 saturated heterocycles. The minimum absolute atomic E-state index is 0.519. The second kappa shape index (κ2) is 10.2. The predicted octanol–water partition coefficient (Wildman–Crippen LogP) is 0.662. The molecular weight excluding hydrogens is 300 g/mol. The molecule has 0 radical (unpaired) electrons. The molecular formula is C18H38N6. The zero-order valence-electron chi connectivity index (χ0n) is 16.2. The average molecular weight is 339 g/mol. The van der Waals surface area contributed by atoms with Crippen molar-refractivity contribution < 1.29 is 0 Å². The van der Waals surface area contributed by atoms with Gasteiger partial charge in [0, 0.05) is 51.4 Å². The van der Waals surface area contributed by atoms with Gasteiger partial charge in [-0.25, -0.2) is 0 Å². The number of guanidine groups is 1. The van der Waals surface area contributed by atoms with Crippen LogP contribution in [-0.4, -0.2) is 99.2 Å². The minimum Gasteiger partial charge on any atom is -0.357 e. The predicted molar refractivity (Wildman–Crippen MR) is 103 cm³/mol. The summed E-state index contributed by atoms with van der Waals surface area (Å²) in [6.07, 6.45) is 3.69. The molecule has 2 N–H and O–H groups in total. The van der Waals surface area contributed by atoms with Gasteiger partial charge in [0.25, 0.3) is 0 Å². The first kappa shape index (κ1) is 19.5. The lowest BCUT2D eigenvalue weighted by molar-refractivity contribution is 0.119. The van der Waals surface area contributed by atoms with Crippen molar-refractivity contribution in [3.8, 4) is 0 Å². The van der Waals surface area contributed by atoms with Gasteiger partial charge < -0.3 is 20.4 Å². The Hall–Kier alpha value is -0.850. The van der Waals surface area contributed by atoms with Gasteiger partial charge in [0.1, 0.15) is 0 Å². The average Bonchev–Trinajstić information content (AvgIpc) is 2.57. The van der Waals surface area contributed by atoms with Crippen LogP contribution in [0.15, 0.2) is 4.99 Å². The van der Waals surface area contributed by atoms with E-state index in [1.807, 2.05) is 0 Å². The Labute approximate surface area is 148 Å². The van der Waals surface area contributed by atoms with E-state index < -0.39 is 0 Å². The van der Waals surface area contributed by atoms with Crippen molar-refractivity contribution in [1.82, 2.24) is 25.3 Å². The normalized spacial score (nSPS) is 25.8. The molecule has 0 saturated carbocycles. The summed E-state index contributed by atoms with van der Waals surface area (Å²) in [4.78, 5) is 12.3. The molecule has 0 aliphatic carbocycles. The molecule has 140 valence electrons. The quantitative estimate of drug-likeness (QED) is 0.550. The largest absolute Gasteiger partial charge is 0.357 e. The third kappa shape index (κ3) is 6.22. The van der Waals surface area contributed by atoms with E-state index in [0.717, 1.165) is 38.7 Å². The third-order valence-corrected chi connectivity index (χ3v) is 5.25. The highest BCUT2D eigenvalue weighted by Gasteiger charge is 2.23. The fourth-order valence-corrected chi connectivity index (χ4v) is 3.63. The van der Waals surface area contributed by atoms with Crippen LogP contribution in [0.2, 0.25) is 0 Å². The molecule has 0 spiro atoms. The van der Waals surface area contributed by atoms with E-state index in [9.17, 15) is 0 Å². The fraction of sp³-hybridized carbons (Fsp3) is 0.944. The van der Waals surface area contributed by atoms with Gasteiger partial charge in [0.2, 0.25) is 0 Å². The van der Waals surface area contributed by atoms with Gasteiger partial charge in [-0.2, -0.15) is 0 Å². The van der Waals surface area contributed by atoms with Gasteiger partial charge in [-0.15, -0.1) is 0 Å². The molecule has 2 heterocycles. The van der Waals surface area contributed by atoms with Crippen molar-refractivity contribution in [2.45, 2.75) is 45.2 Å². The summed E-state index contributed by atoms with van der Waals surface area (Å²) in [5.41, 5.74) is 0. The van der Waals surface area contributed by atoms with Crippen molar-refractivity contribution in [3.05, 3.63) is 0 Å². The number of nitrogens with zero attached hydrogens (tertiary/aromatic N) is 4. The zero-order valence-corrected chi connectivity index (χ0v) is 16.2. The summed E-state index contributed by atoms with van der Waals surface area (Å²) in [5, 5.41) is 7.09. The zero-order chi connectivity index (χ0) is 17.4. The number of nitrogens with one attached hydrogen (secondary N) is 2. The molecule has 2 aliphatic rings. The molecule has 0 aromatic heterocycles. The Morgan fingerprint density at radius 1 is 1.08 bits per heavy atom. The first-order valence-electron chi connectivity index (χ1n) is 9.78. The number of aliphatic imine (C=N–C) groups is 1. The number of hydrogen-bond acceptors (Lipinski definition) is 4. The molecule has 0 amide bonds. The van der Waals surface area contributed by atoms with Crippen LogP contribution >= 0.6 is 0 Å². The topological polar surface area (TPSA) is 46.1 Å². The van der Waals surface area contributed by atoms with E-state index in [1.165, 1.54) is 38.9 Å². The van der Waals surface area contributed by atoms with Crippen molar-refractivity contribution >= 4 is 5.96 Å². The lowest BCUT2D eigenvalue weighted by Gasteiger charge is -2.37. The van der Waals surface area contributed by atoms with Crippen LogP contribution in [-0.2, 0) is 0 Å². The Kier molecular flexibility index (Phi) is 8.29. The van der Waals surface area contributed by atoms with Crippen LogP contribution in [0.3, 0.4) is 0 Å². The number of hydrogen-bond donors (Lipinski definition) is 2. The van der Waals surface area contributed by atoms with Gasteiger partial charge >= 0.3 is 0 Å². The molecule has 2 rings (SSSR count). The molecule has 24 heavy (non-hydrogen) atoms. The molecule has 1 unspecified atom stereocenters.